The van der Waals surface area contributed by atoms with Gasteiger partial charge in [0, 0.05) is 24.1 Å². The Balaban J connectivity index is 2.57. The van der Waals surface area contributed by atoms with Crippen molar-refractivity contribution in [3.63, 3.8) is 0 Å². The minimum atomic E-state index is -0.468. The average Bonchev–Trinajstić information content (AvgIpc) is 2.69. The summed E-state index contributed by atoms with van der Waals surface area (Å²) in [6.07, 6.45) is 3.17. The number of rotatable bonds is 14. The highest BCUT2D eigenvalue weighted by Crippen LogP contribution is 2.31. The van der Waals surface area contributed by atoms with Gasteiger partial charge < -0.3 is 23.2 Å². The lowest BCUT2D eigenvalue weighted by atomic mass is 9.85. The summed E-state index contributed by atoms with van der Waals surface area (Å²) in [5.41, 5.74) is 1.29. The predicted octanol–water partition coefficient (Wildman–Crippen LogP) is 3.00. The highest BCUT2D eigenvalue weighted by molar-refractivity contribution is 6.26. The van der Waals surface area contributed by atoms with E-state index in [0.29, 0.717) is 6.04 Å². The maximum Gasteiger partial charge on any atom is 0.161 e. The van der Waals surface area contributed by atoms with Crippen molar-refractivity contribution in [2.24, 2.45) is 5.41 Å². The molecule has 1 aromatic rings. The third-order valence-electron chi connectivity index (χ3n) is 5.40. The van der Waals surface area contributed by atoms with E-state index in [1.807, 2.05) is 6.07 Å². The molecule has 0 heterocycles. The van der Waals surface area contributed by atoms with Gasteiger partial charge in [-0.3, -0.25) is 0 Å². The molecule has 0 spiro atoms. The first-order valence-corrected chi connectivity index (χ1v) is 14.4. The molecule has 0 aromatic heterocycles. The van der Waals surface area contributed by atoms with Crippen molar-refractivity contribution in [3.8, 4) is 11.5 Å². The Bertz CT molecular complexity index is 543. The lowest BCUT2D eigenvalue weighted by Gasteiger charge is -2.36. The molecule has 0 aliphatic rings. The monoisotopic (exact) mass is 427 g/mol. The van der Waals surface area contributed by atoms with Gasteiger partial charge in [0.1, 0.15) is 17.8 Å². The Morgan fingerprint density at radius 1 is 1.00 bits per heavy atom. The molecular weight excluding hydrogens is 386 g/mol. The Labute approximate surface area is 177 Å². The fourth-order valence-corrected chi connectivity index (χ4v) is 5.15. The first-order chi connectivity index (χ1) is 13.3. The topological polar surface area (TPSA) is 40.2 Å². The lowest BCUT2D eigenvalue weighted by molar-refractivity contribution is -0.0841. The number of hydrogen-bond donors (Lipinski definition) is 0. The quantitative estimate of drug-likeness (QED) is 0.337. The summed E-state index contributed by atoms with van der Waals surface area (Å²) in [7, 11) is 4.65. The van der Waals surface area contributed by atoms with Crippen molar-refractivity contribution in [2.75, 3.05) is 27.8 Å². The molecule has 1 unspecified atom stereocenters. The van der Waals surface area contributed by atoms with Gasteiger partial charge in [-0.15, -0.1) is 0 Å². The predicted molar refractivity (Wildman–Crippen MR) is 123 cm³/mol. The highest BCUT2D eigenvalue weighted by Gasteiger charge is 2.30. The number of hydrogen-bond acceptors (Lipinski definition) is 5. The molecule has 0 amide bonds. The van der Waals surface area contributed by atoms with Gasteiger partial charge in [-0.2, -0.15) is 0 Å². The number of methoxy groups -OCH3 is 2. The van der Waals surface area contributed by atoms with Crippen LogP contribution in [0.25, 0.3) is 0 Å². The van der Waals surface area contributed by atoms with Crippen LogP contribution in [0, 0.1) is 5.41 Å². The first-order valence-electron chi connectivity index (χ1n) is 10.4. The SMILES string of the molecule is COc1cc(CCN(C)C(C)CCC(C)(C)C(O[SiH2]C)O[SiH2]C)cc(OC)c1. The molecule has 162 valence electrons. The highest BCUT2D eigenvalue weighted by atomic mass is 28.2. The van der Waals surface area contributed by atoms with Crippen LogP contribution in [0.2, 0.25) is 13.1 Å². The molecule has 0 radical (unpaired) electrons. The fraction of sp³-hybridized carbons (Fsp3) is 0.714. The fourth-order valence-electron chi connectivity index (χ4n) is 3.26. The van der Waals surface area contributed by atoms with Crippen LogP contribution < -0.4 is 9.47 Å². The summed E-state index contributed by atoms with van der Waals surface area (Å²) in [4.78, 5) is 2.43. The van der Waals surface area contributed by atoms with E-state index in [9.17, 15) is 0 Å². The van der Waals surface area contributed by atoms with Crippen molar-refractivity contribution in [2.45, 2.75) is 65.5 Å². The molecule has 0 N–H and O–H groups in total. The van der Waals surface area contributed by atoms with E-state index in [1.54, 1.807) is 14.2 Å². The third-order valence-corrected chi connectivity index (χ3v) is 6.67. The molecule has 1 rings (SSSR count). The van der Waals surface area contributed by atoms with E-state index < -0.39 is 19.5 Å². The van der Waals surface area contributed by atoms with E-state index in [2.05, 4.69) is 57.9 Å². The van der Waals surface area contributed by atoms with Gasteiger partial charge >= 0.3 is 0 Å². The van der Waals surface area contributed by atoms with E-state index in [1.165, 1.54) is 5.56 Å². The van der Waals surface area contributed by atoms with E-state index in [4.69, 9.17) is 18.3 Å². The molecule has 7 heteroatoms. The van der Waals surface area contributed by atoms with Crippen LogP contribution in [0.4, 0.5) is 0 Å². The summed E-state index contributed by atoms with van der Waals surface area (Å²) in [5.74, 6) is 1.69. The molecule has 0 saturated carbocycles. The molecule has 1 aromatic carbocycles. The molecule has 0 fully saturated rings. The normalized spacial score (nSPS) is 15.0. The van der Waals surface area contributed by atoms with Crippen molar-refractivity contribution < 1.29 is 18.3 Å². The molecule has 5 nitrogen and oxygen atoms in total. The zero-order valence-electron chi connectivity index (χ0n) is 19.2. The second-order valence-corrected chi connectivity index (χ2v) is 9.89. The standard InChI is InChI=1S/C21H41NO4Si2/c1-16(9-11-21(2,3)20(25-27-7)26-28-8)22(4)12-10-17-13-18(23-5)15-19(14-17)24-6/h13-16,20H,9-12,27-28H2,1-8H3. The lowest BCUT2D eigenvalue weighted by Crippen LogP contribution is -2.38. The van der Waals surface area contributed by atoms with Crippen LogP contribution >= 0.6 is 0 Å². The Morgan fingerprint density at radius 3 is 2.00 bits per heavy atom. The van der Waals surface area contributed by atoms with Crippen LogP contribution in [-0.4, -0.2) is 64.6 Å². The van der Waals surface area contributed by atoms with E-state index in [-0.39, 0.29) is 11.7 Å². The molecule has 1 atom stereocenters. The Kier molecular flexibility index (Phi) is 11.4. The van der Waals surface area contributed by atoms with Crippen molar-refractivity contribution in [1.29, 1.82) is 0 Å². The maximum absolute atomic E-state index is 6.00. The largest absolute Gasteiger partial charge is 0.497 e. The summed E-state index contributed by atoms with van der Waals surface area (Å²) in [6.45, 7) is 12.2. The minimum absolute atomic E-state index is 0.0254. The Morgan fingerprint density at radius 2 is 1.54 bits per heavy atom. The molecule has 0 aliphatic carbocycles. The summed E-state index contributed by atoms with van der Waals surface area (Å²) in [5, 5.41) is 0. The van der Waals surface area contributed by atoms with Gasteiger partial charge in [-0.05, 0) is 50.9 Å². The number of nitrogens with zero attached hydrogens (tertiary/aromatic N) is 1. The number of likely N-dealkylation sites (N-methyl/N-ethyl adjacent to an activating group) is 1. The minimum Gasteiger partial charge on any atom is -0.497 e. The molecular formula is C21H41NO4Si2. The van der Waals surface area contributed by atoms with Gasteiger partial charge in [0.25, 0.3) is 0 Å². The van der Waals surface area contributed by atoms with Crippen LogP contribution in [0.3, 0.4) is 0 Å². The van der Waals surface area contributed by atoms with Gasteiger partial charge in [-0.25, -0.2) is 0 Å². The second-order valence-electron chi connectivity index (χ2n) is 8.07. The zero-order chi connectivity index (χ0) is 21.2. The first kappa shape index (κ1) is 25.2. The molecule has 28 heavy (non-hydrogen) atoms. The van der Waals surface area contributed by atoms with E-state index in [0.717, 1.165) is 37.3 Å². The third kappa shape index (κ3) is 8.25. The van der Waals surface area contributed by atoms with Gasteiger partial charge in [0.05, 0.1) is 14.2 Å². The summed E-state index contributed by atoms with van der Waals surface area (Å²) < 4.78 is 22.8. The van der Waals surface area contributed by atoms with Crippen LogP contribution in [0.5, 0.6) is 11.5 Å². The smallest absolute Gasteiger partial charge is 0.161 e. The van der Waals surface area contributed by atoms with Crippen LogP contribution in [0.1, 0.15) is 39.2 Å². The van der Waals surface area contributed by atoms with Gasteiger partial charge in [0.2, 0.25) is 0 Å². The van der Waals surface area contributed by atoms with Crippen LogP contribution in [-0.2, 0) is 15.3 Å². The maximum atomic E-state index is 6.00. The zero-order valence-corrected chi connectivity index (χ0v) is 22.0. The number of benzene rings is 1. The van der Waals surface area contributed by atoms with Crippen molar-refractivity contribution in [1.82, 2.24) is 4.90 Å². The summed E-state index contributed by atoms with van der Waals surface area (Å²) in [6, 6.07) is 6.60. The van der Waals surface area contributed by atoms with Gasteiger partial charge in [-0.1, -0.05) is 26.9 Å². The van der Waals surface area contributed by atoms with Crippen molar-refractivity contribution in [3.05, 3.63) is 23.8 Å². The van der Waals surface area contributed by atoms with E-state index >= 15 is 0 Å². The molecule has 0 aliphatic heterocycles. The summed E-state index contributed by atoms with van der Waals surface area (Å²) >= 11 is 0. The molecule has 0 bridgehead atoms. The van der Waals surface area contributed by atoms with Gasteiger partial charge in [0.15, 0.2) is 19.5 Å². The van der Waals surface area contributed by atoms with Crippen molar-refractivity contribution >= 4 is 19.5 Å². The Hall–Kier alpha value is -0.866. The average molecular weight is 428 g/mol. The van der Waals surface area contributed by atoms with Crippen LogP contribution in [0.15, 0.2) is 18.2 Å². The molecule has 0 saturated heterocycles. The number of ether oxygens (including phenoxy) is 2. The second kappa shape index (κ2) is 12.6.